The standard InChI is InChI=1S/C17H22N6O3S/c1-11-4-3-5-13(10-11)23-16(22-6-8-26-9-7-22)20-21-17(23)27-12(2)14(24)19-15(18)25/h3-5,10,12H,6-9H2,1-2H3,(H3,18,19,24,25). The Hall–Kier alpha value is -2.59. The van der Waals surface area contributed by atoms with Gasteiger partial charge in [-0.15, -0.1) is 10.2 Å². The van der Waals surface area contributed by atoms with Gasteiger partial charge in [-0.1, -0.05) is 23.9 Å². The summed E-state index contributed by atoms with van der Waals surface area (Å²) in [6.07, 6.45) is 0. The highest BCUT2D eigenvalue weighted by Gasteiger charge is 2.25. The predicted octanol–water partition coefficient (Wildman–Crippen LogP) is 1.09. The van der Waals surface area contributed by atoms with Gasteiger partial charge in [0.2, 0.25) is 11.9 Å². The molecule has 144 valence electrons. The number of carbonyl (C=O) groups is 2. The summed E-state index contributed by atoms with van der Waals surface area (Å²) >= 11 is 1.22. The van der Waals surface area contributed by atoms with Crippen molar-refractivity contribution in [2.45, 2.75) is 24.3 Å². The van der Waals surface area contributed by atoms with Crippen molar-refractivity contribution in [3.8, 4) is 5.69 Å². The van der Waals surface area contributed by atoms with Crippen LogP contribution in [0.2, 0.25) is 0 Å². The Morgan fingerprint density at radius 2 is 2.04 bits per heavy atom. The number of thioether (sulfide) groups is 1. The molecule has 0 saturated carbocycles. The summed E-state index contributed by atoms with van der Waals surface area (Å²) in [6, 6.07) is 7.11. The number of imide groups is 1. The van der Waals surface area contributed by atoms with Crippen molar-refractivity contribution in [1.29, 1.82) is 0 Å². The molecule has 3 N–H and O–H groups in total. The summed E-state index contributed by atoms with van der Waals surface area (Å²) in [4.78, 5) is 25.1. The lowest BCUT2D eigenvalue weighted by Crippen LogP contribution is -2.39. The number of primary amides is 1. The Kier molecular flexibility index (Phi) is 5.97. The second kappa shape index (κ2) is 8.40. The van der Waals surface area contributed by atoms with Gasteiger partial charge in [0.15, 0.2) is 5.16 Å². The summed E-state index contributed by atoms with van der Waals surface area (Å²) in [5.41, 5.74) is 7.04. The van der Waals surface area contributed by atoms with E-state index in [0.29, 0.717) is 37.4 Å². The number of nitrogens with zero attached hydrogens (tertiary/aromatic N) is 4. The Bertz CT molecular complexity index is 834. The number of nitrogens with two attached hydrogens (primary N) is 1. The number of hydrogen-bond donors (Lipinski definition) is 2. The lowest BCUT2D eigenvalue weighted by Gasteiger charge is -2.28. The molecule has 3 amide bonds. The third-order valence-corrected chi connectivity index (χ3v) is 5.11. The molecule has 3 rings (SSSR count). The molecular formula is C17H22N6O3S. The van der Waals surface area contributed by atoms with Crippen LogP contribution in [0.3, 0.4) is 0 Å². The van der Waals surface area contributed by atoms with Crippen LogP contribution in [0.25, 0.3) is 5.69 Å². The number of benzene rings is 1. The number of amides is 3. The van der Waals surface area contributed by atoms with Crippen LogP contribution in [0, 0.1) is 6.92 Å². The van der Waals surface area contributed by atoms with Gasteiger partial charge in [0.1, 0.15) is 0 Å². The zero-order chi connectivity index (χ0) is 19.4. The van der Waals surface area contributed by atoms with Crippen molar-refractivity contribution in [1.82, 2.24) is 20.1 Å². The van der Waals surface area contributed by atoms with E-state index in [0.717, 1.165) is 11.3 Å². The Morgan fingerprint density at radius 3 is 2.70 bits per heavy atom. The zero-order valence-corrected chi connectivity index (χ0v) is 16.0. The minimum atomic E-state index is -0.874. The number of aryl methyl sites for hydroxylation is 1. The van der Waals surface area contributed by atoms with Crippen molar-refractivity contribution in [2.75, 3.05) is 31.2 Å². The van der Waals surface area contributed by atoms with Crippen molar-refractivity contribution >= 4 is 29.6 Å². The second-order valence-corrected chi connectivity index (χ2v) is 7.48. The van der Waals surface area contributed by atoms with Gasteiger partial charge < -0.3 is 15.4 Å². The number of ether oxygens (including phenoxy) is 1. The molecule has 0 bridgehead atoms. The Balaban J connectivity index is 1.94. The van der Waals surface area contributed by atoms with Gasteiger partial charge in [-0.2, -0.15) is 0 Å². The summed E-state index contributed by atoms with van der Waals surface area (Å²) in [5.74, 6) is 0.230. The van der Waals surface area contributed by atoms with Gasteiger partial charge in [-0.05, 0) is 31.5 Å². The highest BCUT2D eigenvalue weighted by Crippen LogP contribution is 2.30. The molecule has 0 aliphatic carbocycles. The molecule has 2 heterocycles. The van der Waals surface area contributed by atoms with E-state index < -0.39 is 17.2 Å². The molecule has 1 saturated heterocycles. The lowest BCUT2D eigenvalue weighted by molar-refractivity contribution is -0.119. The summed E-state index contributed by atoms with van der Waals surface area (Å²) < 4.78 is 7.35. The SMILES string of the molecule is Cc1cccc(-n2c(SC(C)C(=O)NC(N)=O)nnc2N2CCOCC2)c1. The van der Waals surface area contributed by atoms with E-state index in [1.165, 1.54) is 11.8 Å². The molecule has 1 fully saturated rings. The van der Waals surface area contributed by atoms with Gasteiger partial charge in [0, 0.05) is 13.1 Å². The average Bonchev–Trinajstić information content (AvgIpc) is 3.05. The Labute approximate surface area is 161 Å². The number of nitrogens with one attached hydrogen (secondary N) is 1. The minimum absolute atomic E-state index is 0.473. The molecule has 10 heteroatoms. The van der Waals surface area contributed by atoms with E-state index in [9.17, 15) is 9.59 Å². The number of urea groups is 1. The number of hydrogen-bond acceptors (Lipinski definition) is 7. The van der Waals surface area contributed by atoms with E-state index >= 15 is 0 Å². The topological polar surface area (TPSA) is 115 Å². The maximum Gasteiger partial charge on any atom is 0.318 e. The number of carbonyl (C=O) groups excluding carboxylic acids is 2. The second-order valence-electron chi connectivity index (χ2n) is 6.17. The van der Waals surface area contributed by atoms with E-state index in [4.69, 9.17) is 10.5 Å². The monoisotopic (exact) mass is 390 g/mol. The minimum Gasteiger partial charge on any atom is -0.378 e. The molecular weight excluding hydrogens is 368 g/mol. The van der Waals surface area contributed by atoms with Crippen molar-refractivity contribution < 1.29 is 14.3 Å². The van der Waals surface area contributed by atoms with Crippen LogP contribution in [-0.4, -0.2) is 58.3 Å². The van der Waals surface area contributed by atoms with E-state index in [1.54, 1.807) is 6.92 Å². The fraction of sp³-hybridized carbons (Fsp3) is 0.412. The summed E-state index contributed by atoms with van der Waals surface area (Å²) in [7, 11) is 0. The third-order valence-electron chi connectivity index (χ3n) is 4.07. The molecule has 9 nitrogen and oxygen atoms in total. The van der Waals surface area contributed by atoms with Crippen LogP contribution in [0.5, 0.6) is 0 Å². The first-order valence-corrected chi connectivity index (χ1v) is 9.46. The lowest BCUT2D eigenvalue weighted by atomic mass is 10.2. The van der Waals surface area contributed by atoms with E-state index in [2.05, 4.69) is 20.4 Å². The first-order valence-electron chi connectivity index (χ1n) is 8.58. The smallest absolute Gasteiger partial charge is 0.318 e. The molecule has 2 aromatic rings. The van der Waals surface area contributed by atoms with Crippen LogP contribution in [0.15, 0.2) is 29.4 Å². The number of morpholine rings is 1. The molecule has 1 aromatic carbocycles. The summed E-state index contributed by atoms with van der Waals surface area (Å²) in [5, 5.41) is 10.7. The normalized spacial score (nSPS) is 15.4. The third kappa shape index (κ3) is 4.58. The first-order chi connectivity index (χ1) is 13.0. The quantitative estimate of drug-likeness (QED) is 0.734. The molecule has 1 aromatic heterocycles. The average molecular weight is 390 g/mol. The molecule has 0 radical (unpaired) electrons. The van der Waals surface area contributed by atoms with Gasteiger partial charge >= 0.3 is 6.03 Å². The molecule has 1 aliphatic heterocycles. The zero-order valence-electron chi connectivity index (χ0n) is 15.2. The van der Waals surface area contributed by atoms with Crippen molar-refractivity contribution in [3.05, 3.63) is 29.8 Å². The predicted molar refractivity (Wildman–Crippen MR) is 102 cm³/mol. The molecule has 0 spiro atoms. The largest absolute Gasteiger partial charge is 0.378 e. The van der Waals surface area contributed by atoms with Crippen LogP contribution in [0.4, 0.5) is 10.7 Å². The maximum atomic E-state index is 12.1. The first kappa shape index (κ1) is 19.2. The van der Waals surface area contributed by atoms with E-state index in [1.807, 2.05) is 35.8 Å². The van der Waals surface area contributed by atoms with Gasteiger partial charge in [0.25, 0.3) is 0 Å². The van der Waals surface area contributed by atoms with E-state index in [-0.39, 0.29) is 0 Å². The maximum absolute atomic E-state index is 12.1. The van der Waals surface area contributed by atoms with Crippen LogP contribution >= 0.6 is 11.8 Å². The van der Waals surface area contributed by atoms with Gasteiger partial charge in [-0.3, -0.25) is 14.7 Å². The van der Waals surface area contributed by atoms with Gasteiger partial charge in [0.05, 0.1) is 24.2 Å². The highest BCUT2D eigenvalue weighted by atomic mass is 32.2. The summed E-state index contributed by atoms with van der Waals surface area (Å²) in [6.45, 7) is 6.38. The molecule has 27 heavy (non-hydrogen) atoms. The van der Waals surface area contributed by atoms with Crippen molar-refractivity contribution in [2.24, 2.45) is 5.73 Å². The fourth-order valence-electron chi connectivity index (χ4n) is 2.73. The Morgan fingerprint density at radius 1 is 1.30 bits per heavy atom. The molecule has 1 atom stereocenters. The number of rotatable bonds is 5. The molecule has 1 aliphatic rings. The van der Waals surface area contributed by atoms with Crippen LogP contribution in [0.1, 0.15) is 12.5 Å². The molecule has 1 unspecified atom stereocenters. The van der Waals surface area contributed by atoms with Crippen LogP contribution in [-0.2, 0) is 9.53 Å². The van der Waals surface area contributed by atoms with Gasteiger partial charge in [-0.25, -0.2) is 4.79 Å². The highest BCUT2D eigenvalue weighted by molar-refractivity contribution is 8.00. The van der Waals surface area contributed by atoms with Crippen LogP contribution < -0.4 is 16.0 Å². The van der Waals surface area contributed by atoms with Crippen molar-refractivity contribution in [3.63, 3.8) is 0 Å². The number of anilines is 1. The fourth-order valence-corrected chi connectivity index (χ4v) is 3.60. The number of aromatic nitrogens is 3.